The van der Waals surface area contributed by atoms with Crippen molar-refractivity contribution >= 4 is 50.6 Å². The predicted molar refractivity (Wildman–Crippen MR) is 312 cm³/mol. The summed E-state index contributed by atoms with van der Waals surface area (Å²) in [6, 6.07) is 109. The molecule has 0 aliphatic carbocycles. The van der Waals surface area contributed by atoms with E-state index in [0.717, 1.165) is 60.8 Å². The van der Waals surface area contributed by atoms with Gasteiger partial charge in [-0.2, -0.15) is 9.97 Å². The number of benzene rings is 11. The fraction of sp³-hybridized carbons (Fsp3) is 0.0143. The lowest BCUT2D eigenvalue weighted by Crippen LogP contribution is -2.74. The van der Waals surface area contributed by atoms with Crippen molar-refractivity contribution < 1.29 is 0 Å². The molecule has 0 saturated heterocycles. The average Bonchev–Trinajstić information content (AvgIpc) is 3.83. The van der Waals surface area contributed by atoms with Gasteiger partial charge in [-0.25, -0.2) is 4.98 Å². The van der Waals surface area contributed by atoms with Crippen LogP contribution in [0.25, 0.3) is 61.7 Å². The molecule has 2 aromatic heterocycles. The minimum atomic E-state index is -2.92. The molecule has 2 heterocycles. The van der Waals surface area contributed by atoms with Gasteiger partial charge in [0.25, 0.3) is 0 Å². The Morgan fingerprint density at radius 2 is 0.667 bits per heavy atom. The summed E-state index contributed by atoms with van der Waals surface area (Å²) in [5, 5.41) is 7.38. The Balaban J connectivity index is 1.08. The number of rotatable bonds is 12. The SMILES string of the molecule is c1ccc(-c2ccc3c(c2)c2ccccc2n3-c2nc(-c3cccc(C(c4ccccc4)(c4ccccc4)c4ccccc4)c3)nc(-c3cccc([Si](c4ccccc4)(c4ccccc4)c4ccccc4)c3)n2)cc1. The second-order valence-corrected chi connectivity index (χ2v) is 22.9. The third-order valence-electron chi connectivity index (χ3n) is 15.0. The molecule has 0 spiro atoms. The Morgan fingerprint density at radius 1 is 0.267 bits per heavy atom. The fourth-order valence-corrected chi connectivity index (χ4v) is 16.4. The number of aromatic nitrogens is 4. The van der Waals surface area contributed by atoms with Crippen LogP contribution >= 0.6 is 0 Å². The molecular formula is C70H50N4Si. The maximum absolute atomic E-state index is 5.56. The molecule has 0 fully saturated rings. The van der Waals surface area contributed by atoms with E-state index in [1.807, 2.05) is 0 Å². The number of nitrogens with zero attached hydrogens (tertiary/aromatic N) is 4. The quantitative estimate of drug-likeness (QED) is 0.0905. The molecule has 0 atom stereocenters. The highest BCUT2D eigenvalue weighted by Crippen LogP contribution is 2.46. The molecule has 0 aliphatic heterocycles. The lowest BCUT2D eigenvalue weighted by Gasteiger charge is -2.37. The van der Waals surface area contributed by atoms with E-state index in [9.17, 15) is 0 Å². The van der Waals surface area contributed by atoms with Crippen molar-refractivity contribution in [3.8, 4) is 39.9 Å². The van der Waals surface area contributed by atoms with E-state index in [1.54, 1.807) is 0 Å². The van der Waals surface area contributed by atoms with Gasteiger partial charge in [-0.15, -0.1) is 0 Å². The summed E-state index contributed by atoms with van der Waals surface area (Å²) in [5.41, 5.74) is 10.1. The maximum Gasteiger partial charge on any atom is 0.238 e. The van der Waals surface area contributed by atoms with Gasteiger partial charge in [0.15, 0.2) is 19.7 Å². The van der Waals surface area contributed by atoms with E-state index in [4.69, 9.17) is 15.0 Å². The topological polar surface area (TPSA) is 43.6 Å². The molecule has 0 unspecified atom stereocenters. The van der Waals surface area contributed by atoms with Crippen molar-refractivity contribution in [1.29, 1.82) is 0 Å². The van der Waals surface area contributed by atoms with Crippen molar-refractivity contribution in [3.05, 3.63) is 326 Å². The molecule has 354 valence electrons. The molecular weight excluding hydrogens is 925 g/mol. The predicted octanol–water partition coefficient (Wildman–Crippen LogP) is 13.7. The third kappa shape index (κ3) is 7.89. The summed E-state index contributed by atoms with van der Waals surface area (Å²) in [6.45, 7) is 0. The Morgan fingerprint density at radius 3 is 1.20 bits per heavy atom. The van der Waals surface area contributed by atoms with Crippen LogP contribution in [0.15, 0.2) is 303 Å². The Kier molecular flexibility index (Phi) is 11.8. The maximum atomic E-state index is 5.56. The van der Waals surface area contributed by atoms with Crippen LogP contribution in [0.5, 0.6) is 0 Å². The van der Waals surface area contributed by atoms with Gasteiger partial charge in [0.1, 0.15) is 0 Å². The summed E-state index contributed by atoms with van der Waals surface area (Å²) >= 11 is 0. The lowest BCUT2D eigenvalue weighted by molar-refractivity contribution is 0.745. The molecule has 0 saturated carbocycles. The molecule has 75 heavy (non-hydrogen) atoms. The highest BCUT2D eigenvalue weighted by molar-refractivity contribution is 7.19. The molecule has 0 N–H and O–H groups in total. The number of hydrogen-bond acceptors (Lipinski definition) is 3. The molecule has 13 aromatic rings. The van der Waals surface area contributed by atoms with Crippen LogP contribution in [0.3, 0.4) is 0 Å². The second kappa shape index (κ2) is 19.5. The standard InChI is InChI=1S/C70H50N4Si/c1-8-26-51(27-9-1)52-46-47-66-64(50-52)63-44-22-23-45-65(63)74(66)69-72-67(53-28-24-36-58(48-53)70(55-30-10-2-11-31-55,56-32-12-3-13-33-56)57-34-14-4-15-35-57)71-68(73-69)54-29-25-43-62(49-54)75(59-37-16-5-17-38-59,60-39-18-6-19-40-60)61-41-20-7-21-42-61/h1-50H. The molecule has 0 amide bonds. The number of hydrogen-bond donors (Lipinski definition) is 0. The van der Waals surface area contributed by atoms with Gasteiger partial charge in [-0.3, -0.25) is 4.57 Å². The van der Waals surface area contributed by atoms with Gasteiger partial charge >= 0.3 is 0 Å². The Bertz CT molecular complexity index is 3710. The van der Waals surface area contributed by atoms with E-state index in [2.05, 4.69) is 308 Å². The van der Waals surface area contributed by atoms with Gasteiger partial charge in [0, 0.05) is 21.9 Å². The van der Waals surface area contributed by atoms with Crippen molar-refractivity contribution in [2.75, 3.05) is 0 Å². The first-order chi connectivity index (χ1) is 37.2. The van der Waals surface area contributed by atoms with Gasteiger partial charge in [0.05, 0.1) is 16.4 Å². The lowest BCUT2D eigenvalue weighted by atomic mass is 9.65. The first-order valence-corrected chi connectivity index (χ1v) is 27.6. The highest BCUT2D eigenvalue weighted by atomic mass is 28.3. The average molecular weight is 975 g/mol. The van der Waals surface area contributed by atoms with Crippen LogP contribution in [0.1, 0.15) is 22.3 Å². The molecule has 5 heteroatoms. The fourth-order valence-electron chi connectivity index (χ4n) is 11.6. The van der Waals surface area contributed by atoms with Crippen LogP contribution < -0.4 is 20.7 Å². The number of para-hydroxylation sites is 1. The normalized spacial score (nSPS) is 11.7. The molecule has 0 aliphatic rings. The third-order valence-corrected chi connectivity index (χ3v) is 19.7. The van der Waals surface area contributed by atoms with Crippen molar-refractivity contribution in [1.82, 2.24) is 19.5 Å². The largest absolute Gasteiger partial charge is 0.278 e. The molecule has 0 radical (unpaired) electrons. The van der Waals surface area contributed by atoms with E-state index < -0.39 is 13.5 Å². The highest BCUT2D eigenvalue weighted by Gasteiger charge is 2.42. The zero-order chi connectivity index (χ0) is 50.0. The number of fused-ring (bicyclic) bond motifs is 3. The van der Waals surface area contributed by atoms with Gasteiger partial charge in [0.2, 0.25) is 5.95 Å². The second-order valence-electron chi connectivity index (χ2n) is 19.1. The Labute approximate surface area is 438 Å². The van der Waals surface area contributed by atoms with Gasteiger partial charge in [-0.1, -0.05) is 279 Å². The van der Waals surface area contributed by atoms with Crippen LogP contribution in [-0.4, -0.2) is 27.6 Å². The van der Waals surface area contributed by atoms with Gasteiger partial charge < -0.3 is 0 Å². The van der Waals surface area contributed by atoms with Crippen LogP contribution in [0.4, 0.5) is 0 Å². The van der Waals surface area contributed by atoms with Crippen molar-refractivity contribution in [2.45, 2.75) is 5.41 Å². The van der Waals surface area contributed by atoms with Crippen LogP contribution in [-0.2, 0) is 5.41 Å². The molecule has 0 bridgehead atoms. The first kappa shape index (κ1) is 45.3. The summed E-state index contributed by atoms with van der Waals surface area (Å²) in [5.74, 6) is 1.71. The minimum absolute atomic E-state index is 0.544. The molecule has 13 rings (SSSR count). The Hall–Kier alpha value is -9.55. The van der Waals surface area contributed by atoms with E-state index in [-0.39, 0.29) is 0 Å². The first-order valence-electron chi connectivity index (χ1n) is 25.6. The minimum Gasteiger partial charge on any atom is -0.278 e. The van der Waals surface area contributed by atoms with E-state index in [1.165, 1.54) is 26.3 Å². The summed E-state index contributed by atoms with van der Waals surface area (Å²) in [6.07, 6.45) is 0. The van der Waals surface area contributed by atoms with Crippen molar-refractivity contribution in [3.63, 3.8) is 0 Å². The summed E-state index contributed by atoms with van der Waals surface area (Å²) in [7, 11) is -2.92. The van der Waals surface area contributed by atoms with Gasteiger partial charge in [-0.05, 0) is 78.4 Å². The smallest absolute Gasteiger partial charge is 0.238 e. The van der Waals surface area contributed by atoms with Crippen LogP contribution in [0.2, 0.25) is 0 Å². The monoisotopic (exact) mass is 974 g/mol. The van der Waals surface area contributed by atoms with E-state index in [0.29, 0.717) is 17.6 Å². The van der Waals surface area contributed by atoms with Crippen LogP contribution in [0, 0.1) is 0 Å². The summed E-state index contributed by atoms with van der Waals surface area (Å²) < 4.78 is 2.22. The summed E-state index contributed by atoms with van der Waals surface area (Å²) in [4.78, 5) is 16.7. The van der Waals surface area contributed by atoms with Crippen molar-refractivity contribution in [2.24, 2.45) is 0 Å². The molecule has 11 aromatic carbocycles. The molecule has 4 nitrogen and oxygen atoms in total. The zero-order valence-electron chi connectivity index (χ0n) is 41.2. The zero-order valence-corrected chi connectivity index (χ0v) is 42.2. The van der Waals surface area contributed by atoms with E-state index >= 15 is 0 Å².